The number of aromatic nitrogens is 2. The average molecular weight is 454 g/mol. The SMILES string of the molecule is CSc1ccc2c(ccc3c(C(F)F)nn(-c4ccc(S(N)(=O)=O)cc4)c32)c1Cl. The molecule has 0 saturated carbocycles. The highest BCUT2D eigenvalue weighted by Gasteiger charge is 2.22. The Morgan fingerprint density at radius 2 is 1.66 bits per heavy atom. The Labute approximate surface area is 174 Å². The molecule has 2 N–H and O–H groups in total. The maximum Gasteiger partial charge on any atom is 0.282 e. The molecule has 0 radical (unpaired) electrons. The molecular weight excluding hydrogens is 440 g/mol. The second kappa shape index (κ2) is 7.24. The number of primary sulfonamides is 1. The van der Waals surface area contributed by atoms with E-state index < -0.39 is 16.4 Å². The van der Waals surface area contributed by atoms with E-state index in [0.717, 1.165) is 4.90 Å². The normalized spacial score (nSPS) is 12.3. The first-order valence-electron chi connectivity index (χ1n) is 8.31. The molecular formula is C19H14ClF2N3O2S2. The number of halogens is 3. The standard InChI is InChI=1S/C19H14ClF2N3O2S2/c1-28-15-9-8-13-12(16(15)20)6-7-14-17(19(21)22)24-25(18(13)14)10-2-4-11(5-3-10)29(23,26)27/h2-9,19H,1H3,(H2,23,26,27). The maximum atomic E-state index is 13.6. The minimum Gasteiger partial charge on any atom is -0.232 e. The number of nitrogens with two attached hydrogens (primary N) is 1. The Balaban J connectivity index is 2.06. The molecule has 0 aliphatic heterocycles. The van der Waals surface area contributed by atoms with Gasteiger partial charge in [0.1, 0.15) is 5.69 Å². The minimum atomic E-state index is -3.87. The van der Waals surface area contributed by atoms with Gasteiger partial charge in [0.15, 0.2) is 0 Å². The summed E-state index contributed by atoms with van der Waals surface area (Å²) in [5.74, 6) is 0. The first-order chi connectivity index (χ1) is 13.7. The molecule has 29 heavy (non-hydrogen) atoms. The first-order valence-corrected chi connectivity index (χ1v) is 11.5. The third-order valence-electron chi connectivity index (χ3n) is 4.60. The summed E-state index contributed by atoms with van der Waals surface area (Å²) in [6, 6.07) is 12.5. The number of rotatable bonds is 4. The van der Waals surface area contributed by atoms with Crippen molar-refractivity contribution >= 4 is 55.1 Å². The Bertz CT molecular complexity index is 1350. The van der Waals surface area contributed by atoms with Gasteiger partial charge in [-0.15, -0.1) is 11.8 Å². The van der Waals surface area contributed by atoms with Gasteiger partial charge in [-0.05, 0) is 42.7 Å². The van der Waals surface area contributed by atoms with Crippen LogP contribution >= 0.6 is 23.4 Å². The smallest absolute Gasteiger partial charge is 0.232 e. The van der Waals surface area contributed by atoms with Crippen LogP contribution < -0.4 is 5.14 Å². The average Bonchev–Trinajstić information content (AvgIpc) is 3.08. The lowest BCUT2D eigenvalue weighted by molar-refractivity contribution is 0.147. The van der Waals surface area contributed by atoms with E-state index in [1.54, 1.807) is 12.1 Å². The third kappa shape index (κ3) is 3.38. The molecule has 0 spiro atoms. The zero-order chi connectivity index (χ0) is 20.9. The lowest BCUT2D eigenvalue weighted by Gasteiger charge is -2.10. The lowest BCUT2D eigenvalue weighted by atomic mass is 10.1. The van der Waals surface area contributed by atoms with Gasteiger partial charge >= 0.3 is 0 Å². The van der Waals surface area contributed by atoms with Crippen molar-refractivity contribution in [1.29, 1.82) is 0 Å². The van der Waals surface area contributed by atoms with Crippen LogP contribution in [0.1, 0.15) is 12.1 Å². The van der Waals surface area contributed by atoms with Crippen LogP contribution in [0.5, 0.6) is 0 Å². The van der Waals surface area contributed by atoms with Gasteiger partial charge in [-0.3, -0.25) is 0 Å². The van der Waals surface area contributed by atoms with E-state index in [1.165, 1.54) is 40.7 Å². The molecule has 0 aliphatic carbocycles. The van der Waals surface area contributed by atoms with E-state index >= 15 is 0 Å². The van der Waals surface area contributed by atoms with Crippen molar-refractivity contribution in [3.63, 3.8) is 0 Å². The summed E-state index contributed by atoms with van der Waals surface area (Å²) in [5, 5.41) is 11.5. The van der Waals surface area contributed by atoms with Crippen molar-refractivity contribution in [2.75, 3.05) is 6.26 Å². The van der Waals surface area contributed by atoms with Crippen molar-refractivity contribution in [2.45, 2.75) is 16.2 Å². The monoisotopic (exact) mass is 453 g/mol. The van der Waals surface area contributed by atoms with Crippen molar-refractivity contribution < 1.29 is 17.2 Å². The van der Waals surface area contributed by atoms with E-state index in [9.17, 15) is 17.2 Å². The van der Waals surface area contributed by atoms with Crippen LogP contribution in [0.3, 0.4) is 0 Å². The lowest BCUT2D eigenvalue weighted by Crippen LogP contribution is -2.12. The highest BCUT2D eigenvalue weighted by molar-refractivity contribution is 7.98. The van der Waals surface area contributed by atoms with Crippen LogP contribution in [-0.4, -0.2) is 24.5 Å². The molecule has 0 atom stereocenters. The highest BCUT2D eigenvalue weighted by atomic mass is 35.5. The van der Waals surface area contributed by atoms with Crippen LogP contribution in [-0.2, 0) is 10.0 Å². The molecule has 0 bridgehead atoms. The molecule has 1 aromatic heterocycles. The Morgan fingerprint density at radius 1 is 1.03 bits per heavy atom. The second-order valence-corrected chi connectivity index (χ2v) is 9.06. The number of thioether (sulfide) groups is 1. The van der Waals surface area contributed by atoms with Crippen molar-refractivity contribution in [3.8, 4) is 5.69 Å². The summed E-state index contributed by atoms with van der Waals surface area (Å²) in [5.41, 5.74) is 0.532. The van der Waals surface area contributed by atoms with E-state index in [0.29, 0.717) is 32.4 Å². The van der Waals surface area contributed by atoms with Crippen LogP contribution in [0.4, 0.5) is 8.78 Å². The molecule has 4 aromatic rings. The molecule has 0 saturated heterocycles. The number of hydrogen-bond acceptors (Lipinski definition) is 4. The van der Waals surface area contributed by atoms with Crippen LogP contribution in [0, 0.1) is 0 Å². The van der Waals surface area contributed by atoms with Gasteiger partial charge in [0, 0.05) is 21.1 Å². The molecule has 10 heteroatoms. The summed E-state index contributed by atoms with van der Waals surface area (Å²) >= 11 is 7.99. The fourth-order valence-corrected chi connectivity index (χ4v) is 4.73. The van der Waals surface area contributed by atoms with Crippen LogP contribution in [0.2, 0.25) is 5.02 Å². The van der Waals surface area contributed by atoms with Gasteiger partial charge in [0.2, 0.25) is 10.0 Å². The quantitative estimate of drug-likeness (QED) is 0.434. The topological polar surface area (TPSA) is 78.0 Å². The van der Waals surface area contributed by atoms with E-state index in [2.05, 4.69) is 5.10 Å². The van der Waals surface area contributed by atoms with Crippen molar-refractivity contribution in [2.24, 2.45) is 5.14 Å². The number of benzene rings is 3. The van der Waals surface area contributed by atoms with Crippen molar-refractivity contribution in [3.05, 3.63) is 59.2 Å². The largest absolute Gasteiger partial charge is 0.282 e. The summed E-state index contributed by atoms with van der Waals surface area (Å²) in [6.07, 6.45) is -0.876. The summed E-state index contributed by atoms with van der Waals surface area (Å²) < 4.78 is 51.7. The van der Waals surface area contributed by atoms with Gasteiger partial charge < -0.3 is 0 Å². The number of nitrogens with zero attached hydrogens (tertiary/aromatic N) is 2. The predicted octanol–water partition coefficient (Wildman–Crippen LogP) is 5.14. The number of sulfonamides is 1. The molecule has 0 aliphatic rings. The van der Waals surface area contributed by atoms with E-state index in [1.807, 2.05) is 18.4 Å². The molecule has 0 amide bonds. The molecule has 5 nitrogen and oxygen atoms in total. The fourth-order valence-electron chi connectivity index (χ4n) is 3.26. The number of hydrogen-bond donors (Lipinski definition) is 1. The zero-order valence-electron chi connectivity index (χ0n) is 14.9. The van der Waals surface area contributed by atoms with Gasteiger partial charge in [0.05, 0.1) is 21.1 Å². The minimum absolute atomic E-state index is 0.0793. The van der Waals surface area contributed by atoms with Crippen molar-refractivity contribution in [1.82, 2.24) is 9.78 Å². The molecule has 150 valence electrons. The van der Waals surface area contributed by atoms with Gasteiger partial charge in [-0.25, -0.2) is 27.0 Å². The fraction of sp³-hybridized carbons (Fsp3) is 0.105. The number of alkyl halides is 2. The molecule has 3 aromatic carbocycles. The molecule has 4 rings (SSSR count). The number of fused-ring (bicyclic) bond motifs is 3. The highest BCUT2D eigenvalue weighted by Crippen LogP contribution is 2.39. The molecule has 0 unspecified atom stereocenters. The summed E-state index contributed by atoms with van der Waals surface area (Å²) in [6.45, 7) is 0. The predicted molar refractivity (Wildman–Crippen MR) is 112 cm³/mol. The first kappa shape index (κ1) is 20.1. The van der Waals surface area contributed by atoms with Crippen LogP contribution in [0.15, 0.2) is 58.3 Å². The van der Waals surface area contributed by atoms with Gasteiger partial charge in [-0.1, -0.05) is 23.7 Å². The Hall–Kier alpha value is -2.20. The van der Waals surface area contributed by atoms with E-state index in [4.69, 9.17) is 16.7 Å². The maximum absolute atomic E-state index is 13.6. The summed E-state index contributed by atoms with van der Waals surface area (Å²) in [7, 11) is -3.87. The Morgan fingerprint density at radius 3 is 2.24 bits per heavy atom. The molecule has 1 heterocycles. The summed E-state index contributed by atoms with van der Waals surface area (Å²) in [4.78, 5) is 0.792. The van der Waals surface area contributed by atoms with Gasteiger partial charge in [-0.2, -0.15) is 5.10 Å². The third-order valence-corrected chi connectivity index (χ3v) is 6.83. The second-order valence-electron chi connectivity index (χ2n) is 6.28. The van der Waals surface area contributed by atoms with E-state index in [-0.39, 0.29) is 10.6 Å². The molecule has 0 fully saturated rings. The Kier molecular flexibility index (Phi) is 5.02. The zero-order valence-corrected chi connectivity index (χ0v) is 17.3. The van der Waals surface area contributed by atoms with Crippen LogP contribution in [0.25, 0.3) is 27.4 Å². The van der Waals surface area contributed by atoms with Gasteiger partial charge in [0.25, 0.3) is 6.43 Å².